The highest BCUT2D eigenvalue weighted by molar-refractivity contribution is 6.30. The Balaban J connectivity index is 2.02. The van der Waals surface area contributed by atoms with Crippen molar-refractivity contribution in [1.29, 1.82) is 0 Å². The number of benzene rings is 2. The Morgan fingerprint density at radius 2 is 1.77 bits per heavy atom. The quantitative estimate of drug-likeness (QED) is 0.745. The average molecular weight is 377 g/mol. The SMILES string of the molecule is COc1ccc(C(NC(=O)NCc2cc(Cl)ccc2OC)C(C)C)cc1. The van der Waals surface area contributed by atoms with Gasteiger partial charge in [-0.3, -0.25) is 0 Å². The highest BCUT2D eigenvalue weighted by atomic mass is 35.5. The van der Waals surface area contributed by atoms with Gasteiger partial charge in [-0.05, 0) is 41.8 Å². The van der Waals surface area contributed by atoms with Gasteiger partial charge in [0.05, 0.1) is 20.3 Å². The lowest BCUT2D eigenvalue weighted by molar-refractivity contribution is 0.232. The predicted octanol–water partition coefficient (Wildman–Crippen LogP) is 4.55. The number of hydrogen-bond acceptors (Lipinski definition) is 3. The summed E-state index contributed by atoms with van der Waals surface area (Å²) in [6.07, 6.45) is 0. The molecule has 0 heterocycles. The topological polar surface area (TPSA) is 59.6 Å². The van der Waals surface area contributed by atoms with Gasteiger partial charge in [-0.2, -0.15) is 0 Å². The van der Waals surface area contributed by atoms with Crippen molar-refractivity contribution >= 4 is 17.6 Å². The molecule has 1 unspecified atom stereocenters. The van der Waals surface area contributed by atoms with Crippen LogP contribution in [-0.2, 0) is 6.54 Å². The third kappa shape index (κ3) is 5.30. The van der Waals surface area contributed by atoms with Gasteiger partial charge in [0.25, 0.3) is 0 Å². The maximum absolute atomic E-state index is 12.4. The number of ether oxygens (including phenoxy) is 2. The zero-order valence-electron chi connectivity index (χ0n) is 15.5. The minimum atomic E-state index is -0.249. The molecule has 0 spiro atoms. The highest BCUT2D eigenvalue weighted by Crippen LogP contribution is 2.24. The largest absolute Gasteiger partial charge is 0.497 e. The molecule has 0 aliphatic heterocycles. The molecule has 2 rings (SSSR count). The molecule has 1 atom stereocenters. The monoisotopic (exact) mass is 376 g/mol. The van der Waals surface area contributed by atoms with E-state index in [0.29, 0.717) is 17.3 Å². The maximum Gasteiger partial charge on any atom is 0.315 e. The van der Waals surface area contributed by atoms with Crippen molar-refractivity contribution in [3.63, 3.8) is 0 Å². The van der Waals surface area contributed by atoms with Crippen molar-refractivity contribution in [2.75, 3.05) is 14.2 Å². The van der Waals surface area contributed by atoms with Gasteiger partial charge in [-0.1, -0.05) is 37.6 Å². The Morgan fingerprint density at radius 1 is 1.08 bits per heavy atom. The molecule has 2 amide bonds. The van der Waals surface area contributed by atoms with Gasteiger partial charge in [-0.25, -0.2) is 4.79 Å². The van der Waals surface area contributed by atoms with Gasteiger partial charge in [0.1, 0.15) is 11.5 Å². The normalized spacial score (nSPS) is 11.8. The number of amides is 2. The Hall–Kier alpha value is -2.40. The third-order valence-electron chi connectivity index (χ3n) is 4.11. The van der Waals surface area contributed by atoms with Crippen LogP contribution in [0.5, 0.6) is 11.5 Å². The van der Waals surface area contributed by atoms with Crippen molar-refractivity contribution in [3.05, 3.63) is 58.6 Å². The van der Waals surface area contributed by atoms with Crippen molar-refractivity contribution in [3.8, 4) is 11.5 Å². The molecular formula is C20H25ClN2O3. The molecule has 2 N–H and O–H groups in total. The van der Waals surface area contributed by atoms with E-state index in [9.17, 15) is 4.79 Å². The summed E-state index contributed by atoms with van der Waals surface area (Å²) in [5, 5.41) is 6.49. The van der Waals surface area contributed by atoms with E-state index in [2.05, 4.69) is 24.5 Å². The Labute approximate surface area is 159 Å². The van der Waals surface area contributed by atoms with E-state index in [1.165, 1.54) is 0 Å². The maximum atomic E-state index is 12.4. The smallest absolute Gasteiger partial charge is 0.315 e. The van der Waals surface area contributed by atoms with Gasteiger partial charge in [0, 0.05) is 17.1 Å². The van der Waals surface area contributed by atoms with Crippen LogP contribution in [0.4, 0.5) is 4.79 Å². The fourth-order valence-electron chi connectivity index (χ4n) is 2.70. The van der Waals surface area contributed by atoms with Crippen molar-refractivity contribution in [1.82, 2.24) is 10.6 Å². The van der Waals surface area contributed by atoms with E-state index in [0.717, 1.165) is 16.9 Å². The molecule has 0 saturated heterocycles. The summed E-state index contributed by atoms with van der Waals surface area (Å²) in [5.74, 6) is 1.70. The third-order valence-corrected chi connectivity index (χ3v) is 4.35. The second kappa shape index (κ2) is 9.34. The molecule has 0 radical (unpaired) electrons. The molecule has 5 nitrogen and oxygen atoms in total. The summed E-state index contributed by atoms with van der Waals surface area (Å²) < 4.78 is 10.5. The number of carbonyl (C=O) groups is 1. The van der Waals surface area contributed by atoms with E-state index in [-0.39, 0.29) is 18.0 Å². The standard InChI is InChI=1S/C20H25ClN2O3/c1-13(2)19(14-5-8-17(25-3)9-6-14)23-20(24)22-12-15-11-16(21)7-10-18(15)26-4/h5-11,13,19H,12H2,1-4H3,(H2,22,23,24). The lowest BCUT2D eigenvalue weighted by Gasteiger charge is -2.23. The number of nitrogens with one attached hydrogen (secondary N) is 2. The summed E-state index contributed by atoms with van der Waals surface area (Å²) in [6, 6.07) is 12.7. The van der Waals surface area contributed by atoms with Crippen molar-refractivity contribution < 1.29 is 14.3 Å². The first kappa shape index (κ1) is 19.9. The lowest BCUT2D eigenvalue weighted by atomic mass is 9.96. The molecule has 6 heteroatoms. The molecule has 0 bridgehead atoms. The summed E-state index contributed by atoms with van der Waals surface area (Å²) in [7, 11) is 3.22. The van der Waals surface area contributed by atoms with Crippen LogP contribution in [0.3, 0.4) is 0 Å². The van der Waals surface area contributed by atoms with Crippen LogP contribution in [0.2, 0.25) is 5.02 Å². The Kier molecular flexibility index (Phi) is 7.16. The average Bonchev–Trinajstić information content (AvgIpc) is 2.64. The van der Waals surface area contributed by atoms with Crippen LogP contribution in [-0.4, -0.2) is 20.3 Å². The van der Waals surface area contributed by atoms with Gasteiger partial charge < -0.3 is 20.1 Å². The molecular weight excluding hydrogens is 352 g/mol. The van der Waals surface area contributed by atoms with Crippen molar-refractivity contribution in [2.24, 2.45) is 5.92 Å². The molecule has 0 saturated carbocycles. The van der Waals surface area contributed by atoms with E-state index < -0.39 is 0 Å². The Bertz CT molecular complexity index is 732. The molecule has 0 aliphatic carbocycles. The van der Waals surface area contributed by atoms with Gasteiger partial charge in [-0.15, -0.1) is 0 Å². The van der Waals surface area contributed by atoms with Gasteiger partial charge in [0.2, 0.25) is 0 Å². The first-order valence-electron chi connectivity index (χ1n) is 8.45. The lowest BCUT2D eigenvalue weighted by Crippen LogP contribution is -2.39. The van der Waals surface area contributed by atoms with Crippen LogP contribution in [0, 0.1) is 5.92 Å². The van der Waals surface area contributed by atoms with Crippen LogP contribution >= 0.6 is 11.6 Å². The Morgan fingerprint density at radius 3 is 2.35 bits per heavy atom. The first-order valence-corrected chi connectivity index (χ1v) is 8.83. The van der Waals surface area contributed by atoms with E-state index in [1.54, 1.807) is 32.4 Å². The molecule has 0 aliphatic rings. The summed E-state index contributed by atoms with van der Waals surface area (Å²) >= 11 is 6.03. The molecule has 0 fully saturated rings. The minimum Gasteiger partial charge on any atom is -0.497 e. The molecule has 2 aromatic rings. The predicted molar refractivity (Wildman–Crippen MR) is 104 cm³/mol. The van der Waals surface area contributed by atoms with Crippen LogP contribution in [0.15, 0.2) is 42.5 Å². The van der Waals surface area contributed by atoms with Crippen LogP contribution < -0.4 is 20.1 Å². The minimum absolute atomic E-state index is 0.109. The molecule has 140 valence electrons. The fraction of sp³-hybridized carbons (Fsp3) is 0.350. The van der Waals surface area contributed by atoms with Gasteiger partial charge in [0.15, 0.2) is 0 Å². The van der Waals surface area contributed by atoms with E-state index >= 15 is 0 Å². The summed E-state index contributed by atoms with van der Waals surface area (Å²) in [4.78, 5) is 12.4. The second-order valence-electron chi connectivity index (χ2n) is 6.28. The number of hydrogen-bond donors (Lipinski definition) is 2. The number of urea groups is 1. The zero-order chi connectivity index (χ0) is 19.1. The number of halogens is 1. The number of rotatable bonds is 7. The number of carbonyl (C=O) groups excluding carboxylic acids is 1. The van der Waals surface area contributed by atoms with Crippen LogP contribution in [0.25, 0.3) is 0 Å². The first-order chi connectivity index (χ1) is 12.4. The second-order valence-corrected chi connectivity index (χ2v) is 6.71. The van der Waals surface area contributed by atoms with Gasteiger partial charge >= 0.3 is 6.03 Å². The number of methoxy groups -OCH3 is 2. The molecule has 26 heavy (non-hydrogen) atoms. The summed E-state index contributed by atoms with van der Waals surface area (Å²) in [6.45, 7) is 4.45. The zero-order valence-corrected chi connectivity index (χ0v) is 16.3. The summed E-state index contributed by atoms with van der Waals surface area (Å²) in [5.41, 5.74) is 1.84. The van der Waals surface area contributed by atoms with Crippen LogP contribution in [0.1, 0.15) is 31.0 Å². The molecule has 2 aromatic carbocycles. The van der Waals surface area contributed by atoms with E-state index in [1.807, 2.05) is 24.3 Å². The highest BCUT2D eigenvalue weighted by Gasteiger charge is 2.18. The fourth-order valence-corrected chi connectivity index (χ4v) is 2.89. The van der Waals surface area contributed by atoms with E-state index in [4.69, 9.17) is 21.1 Å². The van der Waals surface area contributed by atoms with Crippen molar-refractivity contribution in [2.45, 2.75) is 26.4 Å². The molecule has 0 aromatic heterocycles.